The molecule has 0 aliphatic carbocycles. The van der Waals surface area contributed by atoms with Crippen LogP contribution in [0.5, 0.6) is 5.75 Å². The van der Waals surface area contributed by atoms with Gasteiger partial charge in [-0.05, 0) is 55.3 Å². The topological polar surface area (TPSA) is 47.6 Å². The predicted octanol–water partition coefficient (Wildman–Crippen LogP) is 4.61. The third-order valence-electron chi connectivity index (χ3n) is 3.02. The lowest BCUT2D eigenvalue weighted by Crippen LogP contribution is -2.34. The van der Waals surface area contributed by atoms with Crippen molar-refractivity contribution in [2.45, 2.75) is 32.9 Å². The largest absolute Gasteiger partial charge is 0.462 e. The molecule has 0 aromatic heterocycles. The number of esters is 1. The minimum Gasteiger partial charge on any atom is -0.462 e. The summed E-state index contributed by atoms with van der Waals surface area (Å²) in [5.41, 5.74) is 0. The molecule has 1 N–H and O–H groups in total. The number of fused-ring (bicyclic) bond motifs is 1. The Kier molecular flexibility index (Phi) is 6.04. The highest BCUT2D eigenvalue weighted by atomic mass is 35.7. The molecule has 0 fully saturated rings. The maximum Gasteiger partial charge on any atom is 0.323 e. The monoisotopic (exact) mass is 371 g/mol. The van der Waals surface area contributed by atoms with Gasteiger partial charge < -0.3 is 9.26 Å². The molecule has 0 bridgehead atoms. The number of hydrogen-bond acceptors (Lipinski definition) is 4. The Balaban J connectivity index is 2.14. The summed E-state index contributed by atoms with van der Waals surface area (Å²) < 4.78 is 10.9. The standard InChI is InChI=1S/C16H19ClNO3PS/c1-11(2)20-16(19)12(3)18-22(17,23)21-15-10-6-8-13-7-4-5-9-14(13)15/h4-12H,1-3H3,(H,18,23)/t12-,22?/m0/s1. The third kappa shape index (κ3) is 5.18. The number of rotatable bonds is 6. The summed E-state index contributed by atoms with van der Waals surface area (Å²) in [6.45, 7) is 5.22. The molecule has 2 atom stereocenters. The predicted molar refractivity (Wildman–Crippen MR) is 98.5 cm³/mol. The van der Waals surface area contributed by atoms with Crippen LogP contribution < -0.4 is 9.61 Å². The van der Waals surface area contributed by atoms with Crippen molar-refractivity contribution >= 4 is 45.6 Å². The second-order valence-corrected chi connectivity index (χ2v) is 10.4. The average molecular weight is 372 g/mol. The molecule has 2 aromatic rings. The molecule has 0 spiro atoms. The lowest BCUT2D eigenvalue weighted by atomic mass is 10.1. The molecule has 4 nitrogen and oxygen atoms in total. The summed E-state index contributed by atoms with van der Waals surface area (Å²) in [4.78, 5) is 11.9. The maximum absolute atomic E-state index is 11.9. The second-order valence-electron chi connectivity index (χ2n) is 5.38. The lowest BCUT2D eigenvalue weighted by Gasteiger charge is -2.22. The number of carbonyl (C=O) groups excluding carboxylic acids is 1. The molecule has 2 aromatic carbocycles. The summed E-state index contributed by atoms with van der Waals surface area (Å²) >= 11 is 11.7. The van der Waals surface area contributed by atoms with E-state index in [4.69, 9.17) is 32.3 Å². The first-order valence-corrected chi connectivity index (χ1v) is 10.9. The van der Waals surface area contributed by atoms with Crippen LogP contribution in [0.3, 0.4) is 0 Å². The Morgan fingerprint density at radius 3 is 2.52 bits per heavy atom. The van der Waals surface area contributed by atoms with Gasteiger partial charge in [-0.15, -0.1) is 0 Å². The van der Waals surface area contributed by atoms with Crippen LogP contribution >= 0.6 is 17.0 Å². The Hall–Kier alpha value is -1.13. The third-order valence-corrected chi connectivity index (χ3v) is 5.19. The average Bonchev–Trinajstić information content (AvgIpc) is 2.46. The number of hydrogen-bond donors (Lipinski definition) is 1. The van der Waals surface area contributed by atoms with Crippen molar-refractivity contribution < 1.29 is 14.1 Å². The van der Waals surface area contributed by atoms with E-state index in [1.54, 1.807) is 20.8 Å². The number of ether oxygens (including phenoxy) is 1. The van der Waals surface area contributed by atoms with Gasteiger partial charge in [-0.3, -0.25) is 4.79 Å². The highest BCUT2D eigenvalue weighted by Gasteiger charge is 2.25. The van der Waals surface area contributed by atoms with E-state index in [9.17, 15) is 4.79 Å². The van der Waals surface area contributed by atoms with E-state index in [0.717, 1.165) is 10.8 Å². The van der Waals surface area contributed by atoms with Gasteiger partial charge in [0.2, 0.25) is 0 Å². The molecule has 1 unspecified atom stereocenters. The van der Waals surface area contributed by atoms with Gasteiger partial charge in [-0.2, -0.15) is 0 Å². The van der Waals surface area contributed by atoms with Crippen molar-refractivity contribution in [3.05, 3.63) is 42.5 Å². The molecule has 23 heavy (non-hydrogen) atoms. The van der Waals surface area contributed by atoms with E-state index < -0.39 is 17.8 Å². The van der Waals surface area contributed by atoms with Crippen molar-refractivity contribution in [1.29, 1.82) is 0 Å². The van der Waals surface area contributed by atoms with Crippen LogP contribution in [0, 0.1) is 0 Å². The first-order chi connectivity index (χ1) is 10.8. The van der Waals surface area contributed by atoms with E-state index in [1.165, 1.54) is 0 Å². The van der Waals surface area contributed by atoms with E-state index in [0.29, 0.717) is 5.75 Å². The quantitative estimate of drug-likeness (QED) is 0.593. The van der Waals surface area contributed by atoms with E-state index >= 15 is 0 Å². The SMILES string of the molecule is CC(C)OC(=O)[C@H](C)NP(=S)(Cl)Oc1cccc2ccccc12. The van der Waals surface area contributed by atoms with Crippen molar-refractivity contribution in [1.82, 2.24) is 5.09 Å². The van der Waals surface area contributed by atoms with Crippen LogP contribution in [0.2, 0.25) is 0 Å². The molecule has 0 heterocycles. The smallest absolute Gasteiger partial charge is 0.323 e. The summed E-state index contributed by atoms with van der Waals surface area (Å²) in [5.74, 6) is -2.73. The Morgan fingerprint density at radius 1 is 1.17 bits per heavy atom. The number of nitrogens with one attached hydrogen (secondary N) is 1. The van der Waals surface area contributed by atoms with Gasteiger partial charge >= 0.3 is 5.97 Å². The summed E-state index contributed by atoms with van der Waals surface area (Å²) in [5, 5.41) is 4.82. The van der Waals surface area contributed by atoms with Gasteiger partial charge in [0.15, 0.2) is 0 Å². The minimum atomic E-state index is -2.92. The first-order valence-electron chi connectivity index (χ1n) is 7.24. The van der Waals surface area contributed by atoms with E-state index in [1.807, 2.05) is 42.5 Å². The molecule has 124 valence electrons. The van der Waals surface area contributed by atoms with Gasteiger partial charge in [0.25, 0.3) is 5.77 Å². The Bertz CT molecular complexity index is 748. The van der Waals surface area contributed by atoms with Gasteiger partial charge in [-0.25, -0.2) is 5.09 Å². The van der Waals surface area contributed by atoms with Gasteiger partial charge in [0, 0.05) is 5.39 Å². The fraction of sp³-hybridized carbons (Fsp3) is 0.312. The zero-order chi connectivity index (χ0) is 17.0. The highest BCUT2D eigenvalue weighted by Crippen LogP contribution is 2.50. The fourth-order valence-electron chi connectivity index (χ4n) is 2.05. The maximum atomic E-state index is 11.9. The van der Waals surface area contributed by atoms with E-state index in [-0.39, 0.29) is 6.10 Å². The second kappa shape index (κ2) is 7.63. The van der Waals surface area contributed by atoms with Crippen molar-refractivity contribution in [3.8, 4) is 5.75 Å². The number of carbonyl (C=O) groups is 1. The van der Waals surface area contributed by atoms with Crippen LogP contribution in [0.15, 0.2) is 42.5 Å². The molecule has 2 rings (SSSR count). The first kappa shape index (κ1) is 18.2. The highest BCUT2D eigenvalue weighted by molar-refractivity contribution is 8.23. The van der Waals surface area contributed by atoms with Gasteiger partial charge in [0.05, 0.1) is 6.10 Å². The number of benzene rings is 2. The molecule has 0 saturated carbocycles. The molecular formula is C16H19ClNO3PS. The Labute approximate surface area is 146 Å². The van der Waals surface area contributed by atoms with Crippen molar-refractivity contribution in [2.24, 2.45) is 0 Å². The zero-order valence-electron chi connectivity index (χ0n) is 13.2. The molecular weight excluding hydrogens is 353 g/mol. The van der Waals surface area contributed by atoms with Crippen molar-refractivity contribution in [3.63, 3.8) is 0 Å². The fourth-order valence-corrected chi connectivity index (χ4v) is 4.46. The number of halogens is 1. The molecule has 0 aliphatic rings. The summed E-state index contributed by atoms with van der Waals surface area (Å²) in [7, 11) is 0. The van der Waals surface area contributed by atoms with E-state index in [2.05, 4.69) is 5.09 Å². The molecule has 0 amide bonds. The zero-order valence-corrected chi connectivity index (χ0v) is 15.6. The van der Waals surface area contributed by atoms with Crippen LogP contribution in [0.4, 0.5) is 0 Å². The minimum absolute atomic E-state index is 0.195. The normalized spacial score (nSPS) is 15.2. The lowest BCUT2D eigenvalue weighted by molar-refractivity contribution is -0.148. The summed E-state index contributed by atoms with van der Waals surface area (Å²) in [6.07, 6.45) is -0.195. The van der Waals surface area contributed by atoms with Crippen LogP contribution in [-0.4, -0.2) is 18.1 Å². The summed E-state index contributed by atoms with van der Waals surface area (Å²) in [6, 6.07) is 12.8. The Morgan fingerprint density at radius 2 is 1.83 bits per heavy atom. The van der Waals surface area contributed by atoms with Crippen LogP contribution in [0.1, 0.15) is 20.8 Å². The molecule has 0 radical (unpaired) electrons. The van der Waals surface area contributed by atoms with Crippen LogP contribution in [-0.2, 0) is 21.3 Å². The van der Waals surface area contributed by atoms with Gasteiger partial charge in [-0.1, -0.05) is 36.4 Å². The van der Waals surface area contributed by atoms with Crippen molar-refractivity contribution in [2.75, 3.05) is 0 Å². The molecule has 0 saturated heterocycles. The molecule has 0 aliphatic heterocycles. The molecule has 7 heteroatoms. The van der Waals surface area contributed by atoms with Crippen LogP contribution in [0.25, 0.3) is 10.8 Å². The van der Waals surface area contributed by atoms with Gasteiger partial charge in [0.1, 0.15) is 11.8 Å².